The number of aliphatic carboxylic acids is 1. The number of carboxylic acids is 1. The summed E-state index contributed by atoms with van der Waals surface area (Å²) in [6.45, 7) is 9.89. The van der Waals surface area contributed by atoms with E-state index in [-0.39, 0.29) is 6.04 Å². The van der Waals surface area contributed by atoms with Gasteiger partial charge in [0.15, 0.2) is 0 Å². The van der Waals surface area contributed by atoms with Crippen molar-refractivity contribution in [2.45, 2.75) is 78.3 Å². The highest BCUT2D eigenvalue weighted by molar-refractivity contribution is 5.73. The predicted molar refractivity (Wildman–Crippen MR) is 81.7 cm³/mol. The summed E-state index contributed by atoms with van der Waals surface area (Å²) in [5.41, 5.74) is 0.426. The van der Waals surface area contributed by atoms with Crippen LogP contribution in [0.1, 0.15) is 66.2 Å². The van der Waals surface area contributed by atoms with E-state index >= 15 is 0 Å². The Hall–Kier alpha value is -0.570. The molecule has 0 aromatic carbocycles. The summed E-state index contributed by atoms with van der Waals surface area (Å²) >= 11 is 0. The third kappa shape index (κ3) is 3.97. The summed E-state index contributed by atoms with van der Waals surface area (Å²) < 4.78 is 0. The van der Waals surface area contributed by atoms with Crippen molar-refractivity contribution in [1.29, 1.82) is 0 Å². The van der Waals surface area contributed by atoms with Crippen LogP contribution < -0.4 is 0 Å². The largest absolute Gasteiger partial charge is 0.480 e. The highest BCUT2D eigenvalue weighted by atomic mass is 16.4. The number of carboxylic acid groups (broad SMARTS) is 1. The maximum absolute atomic E-state index is 11.3. The fourth-order valence-electron chi connectivity index (χ4n) is 3.68. The molecule has 2 aliphatic rings. The van der Waals surface area contributed by atoms with E-state index in [0.717, 1.165) is 12.5 Å². The monoisotopic (exact) mass is 281 g/mol. The molecule has 2 rings (SSSR count). The lowest BCUT2D eigenvalue weighted by atomic mass is 9.70. The summed E-state index contributed by atoms with van der Waals surface area (Å²) in [4.78, 5) is 13.5. The van der Waals surface area contributed by atoms with Crippen LogP contribution in [0, 0.1) is 17.3 Å². The zero-order valence-corrected chi connectivity index (χ0v) is 13.6. The minimum Gasteiger partial charge on any atom is -0.480 e. The Balaban J connectivity index is 1.85. The van der Waals surface area contributed by atoms with Crippen LogP contribution in [0.4, 0.5) is 0 Å². The van der Waals surface area contributed by atoms with E-state index < -0.39 is 5.97 Å². The number of hydrogen-bond acceptors (Lipinski definition) is 2. The van der Waals surface area contributed by atoms with Crippen LogP contribution in [-0.2, 0) is 4.79 Å². The molecule has 0 spiro atoms. The first-order chi connectivity index (χ1) is 9.29. The molecule has 1 N–H and O–H groups in total. The van der Waals surface area contributed by atoms with E-state index in [1.165, 1.54) is 38.5 Å². The van der Waals surface area contributed by atoms with Gasteiger partial charge in [-0.3, -0.25) is 9.69 Å². The summed E-state index contributed by atoms with van der Waals surface area (Å²) in [6.07, 6.45) is 7.56. The van der Waals surface area contributed by atoms with E-state index in [1.807, 2.05) is 6.92 Å². The number of carbonyl (C=O) groups is 1. The van der Waals surface area contributed by atoms with Crippen molar-refractivity contribution < 1.29 is 9.90 Å². The molecule has 0 heterocycles. The lowest BCUT2D eigenvalue weighted by Crippen LogP contribution is -2.44. The normalized spacial score (nSPS) is 29.4. The van der Waals surface area contributed by atoms with E-state index in [9.17, 15) is 9.90 Å². The predicted octanol–water partition coefficient (Wildman–Crippen LogP) is 3.78. The molecule has 0 radical (unpaired) electrons. The van der Waals surface area contributed by atoms with Crippen molar-refractivity contribution in [3.8, 4) is 0 Å². The van der Waals surface area contributed by atoms with Gasteiger partial charge in [-0.1, -0.05) is 20.8 Å². The maximum Gasteiger partial charge on any atom is 0.320 e. The number of rotatable bonds is 5. The van der Waals surface area contributed by atoms with Gasteiger partial charge in [0.2, 0.25) is 0 Å². The van der Waals surface area contributed by atoms with Crippen molar-refractivity contribution in [2.24, 2.45) is 17.3 Å². The van der Waals surface area contributed by atoms with Gasteiger partial charge in [-0.2, -0.15) is 0 Å². The van der Waals surface area contributed by atoms with Gasteiger partial charge in [0.05, 0.1) is 0 Å². The molecule has 0 aromatic rings. The Kier molecular flexibility index (Phi) is 4.78. The minimum absolute atomic E-state index is 0.317. The first-order valence-electron chi connectivity index (χ1n) is 8.27. The smallest absolute Gasteiger partial charge is 0.320 e. The Labute approximate surface area is 123 Å². The van der Waals surface area contributed by atoms with Crippen molar-refractivity contribution in [3.05, 3.63) is 0 Å². The molecular formula is C17H31NO2. The van der Waals surface area contributed by atoms with Crippen LogP contribution in [-0.4, -0.2) is 34.6 Å². The summed E-state index contributed by atoms with van der Waals surface area (Å²) in [6, 6.07) is 0.226. The molecule has 20 heavy (non-hydrogen) atoms. The topological polar surface area (TPSA) is 40.5 Å². The average Bonchev–Trinajstić information content (AvgIpc) is 3.18. The van der Waals surface area contributed by atoms with E-state index in [0.29, 0.717) is 17.4 Å². The van der Waals surface area contributed by atoms with Gasteiger partial charge in [0.1, 0.15) is 6.04 Å². The molecule has 1 atom stereocenters. The highest BCUT2D eigenvalue weighted by Gasteiger charge is 2.37. The maximum atomic E-state index is 11.3. The van der Waals surface area contributed by atoms with Crippen LogP contribution in [0.3, 0.4) is 0 Å². The van der Waals surface area contributed by atoms with Gasteiger partial charge in [0, 0.05) is 12.6 Å². The first-order valence-corrected chi connectivity index (χ1v) is 8.27. The van der Waals surface area contributed by atoms with Crippen LogP contribution in [0.25, 0.3) is 0 Å². The van der Waals surface area contributed by atoms with Crippen molar-refractivity contribution in [2.75, 3.05) is 6.54 Å². The second-order valence-corrected chi connectivity index (χ2v) is 8.03. The lowest BCUT2D eigenvalue weighted by Gasteiger charge is -2.39. The number of hydrogen-bond donors (Lipinski definition) is 1. The van der Waals surface area contributed by atoms with Crippen molar-refractivity contribution in [3.63, 3.8) is 0 Å². The summed E-state index contributed by atoms with van der Waals surface area (Å²) in [5, 5.41) is 9.27. The van der Waals surface area contributed by atoms with Crippen LogP contribution >= 0.6 is 0 Å². The molecule has 3 nitrogen and oxygen atoms in total. The molecule has 1 unspecified atom stereocenters. The minimum atomic E-state index is -0.666. The molecule has 3 heteroatoms. The average molecular weight is 281 g/mol. The highest BCUT2D eigenvalue weighted by Crippen LogP contribution is 2.41. The second kappa shape index (κ2) is 6.05. The third-order valence-electron chi connectivity index (χ3n) is 5.41. The summed E-state index contributed by atoms with van der Waals surface area (Å²) in [7, 11) is 0. The zero-order valence-electron chi connectivity index (χ0n) is 13.6. The lowest BCUT2D eigenvalue weighted by molar-refractivity contribution is -0.143. The van der Waals surface area contributed by atoms with Crippen LogP contribution in [0.2, 0.25) is 0 Å². The zero-order chi connectivity index (χ0) is 14.9. The Morgan fingerprint density at radius 2 is 1.70 bits per heavy atom. The SMILES string of the molecule is CC(C(=O)O)N(CC1CCC(C(C)(C)C)CC1)C1CC1. The molecule has 0 aromatic heterocycles. The standard InChI is InChI=1S/C17H31NO2/c1-12(16(19)20)18(15-9-10-15)11-13-5-7-14(8-6-13)17(2,3)4/h12-15H,5-11H2,1-4H3,(H,19,20). The summed E-state index contributed by atoms with van der Waals surface area (Å²) in [5.74, 6) is 0.876. The first kappa shape index (κ1) is 15.8. The molecule has 116 valence electrons. The van der Waals surface area contributed by atoms with Gasteiger partial charge < -0.3 is 5.11 Å². The van der Waals surface area contributed by atoms with E-state index in [2.05, 4.69) is 25.7 Å². The molecule has 0 aliphatic heterocycles. The fourth-order valence-corrected chi connectivity index (χ4v) is 3.68. The van der Waals surface area contributed by atoms with Crippen LogP contribution in [0.5, 0.6) is 0 Å². The van der Waals surface area contributed by atoms with Crippen molar-refractivity contribution in [1.82, 2.24) is 4.90 Å². The quantitative estimate of drug-likeness (QED) is 0.834. The Morgan fingerprint density at radius 3 is 2.10 bits per heavy atom. The Bertz CT molecular complexity index is 335. The van der Waals surface area contributed by atoms with Gasteiger partial charge in [0.25, 0.3) is 0 Å². The van der Waals surface area contributed by atoms with Crippen molar-refractivity contribution >= 4 is 5.97 Å². The van der Waals surface area contributed by atoms with E-state index in [4.69, 9.17) is 0 Å². The number of nitrogens with zero attached hydrogens (tertiary/aromatic N) is 1. The second-order valence-electron chi connectivity index (χ2n) is 8.03. The van der Waals surface area contributed by atoms with Gasteiger partial charge >= 0.3 is 5.97 Å². The molecule has 2 aliphatic carbocycles. The van der Waals surface area contributed by atoms with Gasteiger partial charge in [-0.15, -0.1) is 0 Å². The fraction of sp³-hybridized carbons (Fsp3) is 0.941. The van der Waals surface area contributed by atoms with Gasteiger partial charge in [-0.25, -0.2) is 0 Å². The molecule has 2 fully saturated rings. The molecule has 2 saturated carbocycles. The molecular weight excluding hydrogens is 250 g/mol. The third-order valence-corrected chi connectivity index (χ3v) is 5.41. The van der Waals surface area contributed by atoms with Gasteiger partial charge in [-0.05, 0) is 62.7 Å². The molecule has 0 bridgehead atoms. The Morgan fingerprint density at radius 1 is 1.15 bits per heavy atom. The van der Waals surface area contributed by atoms with Crippen LogP contribution in [0.15, 0.2) is 0 Å². The molecule has 0 amide bonds. The molecule has 0 saturated heterocycles. The van der Waals surface area contributed by atoms with E-state index in [1.54, 1.807) is 0 Å².